The predicted molar refractivity (Wildman–Crippen MR) is 107 cm³/mol. The maximum atomic E-state index is 11.9. The van der Waals surface area contributed by atoms with Gasteiger partial charge < -0.3 is 9.47 Å². The SMILES string of the molecule is CCOc1cc(C=C2C(=O)NC(=O)NC2=O)ccc1Oc1ccc([N+](=O)[O-])cc1[N+](=O)[O-]. The summed E-state index contributed by atoms with van der Waals surface area (Å²) in [5.41, 5.74) is -1.06. The van der Waals surface area contributed by atoms with Crippen LogP contribution in [0.15, 0.2) is 42.0 Å². The summed E-state index contributed by atoms with van der Waals surface area (Å²) in [6, 6.07) is 6.24. The van der Waals surface area contributed by atoms with Crippen LogP contribution in [0.5, 0.6) is 17.2 Å². The fourth-order valence-corrected chi connectivity index (χ4v) is 2.71. The maximum absolute atomic E-state index is 11.9. The number of carbonyl (C=O) groups is 3. The first-order valence-electron chi connectivity index (χ1n) is 8.95. The van der Waals surface area contributed by atoms with Gasteiger partial charge in [-0.1, -0.05) is 6.07 Å². The molecule has 1 saturated heterocycles. The van der Waals surface area contributed by atoms with Crippen molar-refractivity contribution in [3.05, 3.63) is 67.8 Å². The van der Waals surface area contributed by atoms with Crippen molar-refractivity contribution in [3.8, 4) is 17.2 Å². The average Bonchev–Trinajstić information content (AvgIpc) is 2.72. The third-order valence-corrected chi connectivity index (χ3v) is 4.09. The van der Waals surface area contributed by atoms with Crippen molar-refractivity contribution < 1.29 is 33.7 Å². The highest BCUT2D eigenvalue weighted by atomic mass is 16.6. The minimum Gasteiger partial charge on any atom is -0.490 e. The molecule has 164 valence electrons. The molecule has 1 fully saturated rings. The van der Waals surface area contributed by atoms with E-state index in [2.05, 4.69) is 0 Å². The van der Waals surface area contributed by atoms with Gasteiger partial charge in [-0.15, -0.1) is 0 Å². The molecular weight excluding hydrogens is 428 g/mol. The Hall–Kier alpha value is -4.81. The van der Waals surface area contributed by atoms with E-state index in [-0.39, 0.29) is 29.4 Å². The van der Waals surface area contributed by atoms with Crippen LogP contribution in [0.25, 0.3) is 6.08 Å². The van der Waals surface area contributed by atoms with Gasteiger partial charge in [0.25, 0.3) is 17.5 Å². The lowest BCUT2D eigenvalue weighted by Crippen LogP contribution is -2.51. The lowest BCUT2D eigenvalue weighted by atomic mass is 10.1. The second kappa shape index (κ2) is 8.91. The second-order valence-corrected chi connectivity index (χ2v) is 6.20. The molecule has 0 radical (unpaired) electrons. The summed E-state index contributed by atoms with van der Waals surface area (Å²) in [4.78, 5) is 55.6. The number of nitro benzene ring substituents is 2. The molecule has 1 heterocycles. The van der Waals surface area contributed by atoms with Crippen molar-refractivity contribution in [1.82, 2.24) is 10.6 Å². The van der Waals surface area contributed by atoms with E-state index in [0.29, 0.717) is 5.56 Å². The Morgan fingerprint density at radius 1 is 0.906 bits per heavy atom. The van der Waals surface area contributed by atoms with E-state index in [0.717, 1.165) is 18.2 Å². The molecule has 4 amide bonds. The van der Waals surface area contributed by atoms with E-state index >= 15 is 0 Å². The lowest BCUT2D eigenvalue weighted by molar-refractivity contribution is -0.394. The highest BCUT2D eigenvalue weighted by molar-refractivity contribution is 6.31. The Morgan fingerprint density at radius 3 is 2.16 bits per heavy atom. The largest absolute Gasteiger partial charge is 0.490 e. The summed E-state index contributed by atoms with van der Waals surface area (Å²) >= 11 is 0. The summed E-state index contributed by atoms with van der Waals surface area (Å²) in [5, 5.41) is 26.1. The number of nitrogens with zero attached hydrogens (tertiary/aromatic N) is 2. The van der Waals surface area contributed by atoms with Crippen molar-refractivity contribution in [2.24, 2.45) is 0 Å². The molecule has 2 N–H and O–H groups in total. The van der Waals surface area contributed by atoms with Gasteiger partial charge in [0.15, 0.2) is 11.5 Å². The zero-order valence-corrected chi connectivity index (χ0v) is 16.3. The Kier molecular flexibility index (Phi) is 6.09. The van der Waals surface area contributed by atoms with E-state index in [9.17, 15) is 34.6 Å². The number of hydrogen-bond donors (Lipinski definition) is 2. The number of benzene rings is 2. The molecule has 0 bridgehead atoms. The topological polar surface area (TPSA) is 180 Å². The van der Waals surface area contributed by atoms with E-state index < -0.39 is 39.1 Å². The van der Waals surface area contributed by atoms with E-state index in [1.165, 1.54) is 24.3 Å². The van der Waals surface area contributed by atoms with Crippen molar-refractivity contribution in [3.63, 3.8) is 0 Å². The number of rotatable bonds is 7. The number of imide groups is 2. The Bertz CT molecular complexity index is 1170. The van der Waals surface area contributed by atoms with Crippen LogP contribution >= 0.6 is 0 Å². The van der Waals surface area contributed by atoms with Crippen LogP contribution in [0.4, 0.5) is 16.2 Å². The Morgan fingerprint density at radius 2 is 1.56 bits per heavy atom. The summed E-state index contributed by atoms with van der Waals surface area (Å²) in [6.07, 6.45) is 1.22. The molecule has 0 saturated carbocycles. The first kappa shape index (κ1) is 21.9. The second-order valence-electron chi connectivity index (χ2n) is 6.20. The third-order valence-electron chi connectivity index (χ3n) is 4.09. The molecule has 2 aromatic rings. The molecule has 1 aliphatic heterocycles. The maximum Gasteiger partial charge on any atom is 0.328 e. The van der Waals surface area contributed by atoms with Crippen LogP contribution in [0.1, 0.15) is 12.5 Å². The van der Waals surface area contributed by atoms with Gasteiger partial charge in [-0.05, 0) is 36.8 Å². The molecular formula is C19H14N4O9. The molecule has 1 aliphatic rings. The summed E-state index contributed by atoms with van der Waals surface area (Å²) < 4.78 is 11.1. The Balaban J connectivity index is 1.97. The number of carbonyl (C=O) groups excluding carboxylic acids is 3. The fraction of sp³-hybridized carbons (Fsp3) is 0.105. The van der Waals surface area contributed by atoms with Crippen LogP contribution < -0.4 is 20.1 Å². The number of urea groups is 1. The quantitative estimate of drug-likeness (QED) is 0.282. The fourth-order valence-electron chi connectivity index (χ4n) is 2.71. The van der Waals surface area contributed by atoms with Gasteiger partial charge in [0.1, 0.15) is 5.57 Å². The molecule has 3 rings (SSSR count). The van der Waals surface area contributed by atoms with Crippen LogP contribution in [0, 0.1) is 20.2 Å². The molecule has 2 aromatic carbocycles. The normalized spacial score (nSPS) is 13.2. The van der Waals surface area contributed by atoms with Crippen molar-refractivity contribution in [2.45, 2.75) is 6.92 Å². The smallest absolute Gasteiger partial charge is 0.328 e. The predicted octanol–water partition coefficient (Wildman–Crippen LogP) is 2.44. The molecule has 13 nitrogen and oxygen atoms in total. The Labute approximate surface area is 178 Å². The highest BCUT2D eigenvalue weighted by Crippen LogP contribution is 2.38. The van der Waals surface area contributed by atoms with E-state index in [1.54, 1.807) is 6.92 Å². The van der Waals surface area contributed by atoms with Gasteiger partial charge >= 0.3 is 11.7 Å². The summed E-state index contributed by atoms with van der Waals surface area (Å²) in [5.74, 6) is -1.82. The summed E-state index contributed by atoms with van der Waals surface area (Å²) in [6.45, 7) is 1.87. The van der Waals surface area contributed by atoms with Crippen molar-refractivity contribution >= 4 is 35.3 Å². The number of hydrogen-bond acceptors (Lipinski definition) is 9. The van der Waals surface area contributed by atoms with Crippen LogP contribution in [-0.4, -0.2) is 34.3 Å². The molecule has 0 aromatic heterocycles. The molecule has 0 aliphatic carbocycles. The van der Waals surface area contributed by atoms with Crippen LogP contribution in [-0.2, 0) is 9.59 Å². The lowest BCUT2D eigenvalue weighted by Gasteiger charge is -2.15. The number of nitrogens with one attached hydrogen (secondary N) is 2. The molecule has 0 atom stereocenters. The third kappa shape index (κ3) is 4.67. The first-order chi connectivity index (χ1) is 15.2. The van der Waals surface area contributed by atoms with E-state index in [1.807, 2.05) is 10.6 Å². The summed E-state index contributed by atoms with van der Waals surface area (Å²) in [7, 11) is 0. The van der Waals surface area contributed by atoms with Gasteiger partial charge in [0.05, 0.1) is 22.5 Å². The highest BCUT2D eigenvalue weighted by Gasteiger charge is 2.28. The minimum atomic E-state index is -0.930. The van der Waals surface area contributed by atoms with Crippen LogP contribution in [0.2, 0.25) is 0 Å². The monoisotopic (exact) mass is 442 g/mol. The molecule has 0 unspecified atom stereocenters. The molecule has 0 spiro atoms. The van der Waals surface area contributed by atoms with Crippen LogP contribution in [0.3, 0.4) is 0 Å². The van der Waals surface area contributed by atoms with Gasteiger partial charge in [-0.25, -0.2) is 4.79 Å². The zero-order valence-electron chi connectivity index (χ0n) is 16.3. The average molecular weight is 442 g/mol. The molecule has 13 heteroatoms. The number of barbiturate groups is 1. The minimum absolute atomic E-state index is 0.0543. The zero-order chi connectivity index (χ0) is 23.4. The van der Waals surface area contributed by atoms with E-state index in [4.69, 9.17) is 9.47 Å². The number of ether oxygens (including phenoxy) is 2. The molecule has 32 heavy (non-hydrogen) atoms. The standard InChI is InChI=1S/C19H14N4O9/c1-2-31-16-8-10(7-12-17(24)20-19(26)21-18(12)25)3-5-15(16)32-14-6-4-11(22(27)28)9-13(14)23(29)30/h3-9H,2H2,1H3,(H2,20,21,24,25,26). The van der Waals surface area contributed by atoms with Gasteiger partial charge in [0, 0.05) is 6.07 Å². The van der Waals surface area contributed by atoms with Gasteiger partial charge in [-0.3, -0.25) is 40.5 Å². The van der Waals surface area contributed by atoms with Gasteiger partial charge in [-0.2, -0.15) is 0 Å². The van der Waals surface area contributed by atoms with Gasteiger partial charge in [0.2, 0.25) is 5.75 Å². The number of nitro groups is 2. The number of amides is 4. The van der Waals surface area contributed by atoms with Crippen molar-refractivity contribution in [1.29, 1.82) is 0 Å². The van der Waals surface area contributed by atoms with Crippen molar-refractivity contribution in [2.75, 3.05) is 6.61 Å². The first-order valence-corrected chi connectivity index (χ1v) is 8.95. The number of non-ortho nitro benzene ring substituents is 1.